The van der Waals surface area contributed by atoms with Gasteiger partial charge in [-0.15, -0.1) is 0 Å². The second kappa shape index (κ2) is 6.12. The average Bonchev–Trinajstić information content (AvgIpc) is 2.40. The second-order valence-corrected chi connectivity index (χ2v) is 5.00. The maximum Gasteiger partial charge on any atom is 0.143 e. The first-order valence-electron chi connectivity index (χ1n) is 5.74. The van der Waals surface area contributed by atoms with Crippen molar-refractivity contribution in [2.75, 3.05) is 0 Å². The van der Waals surface area contributed by atoms with Crippen molar-refractivity contribution in [3.05, 3.63) is 57.6 Å². The molecule has 0 spiro atoms. The van der Waals surface area contributed by atoms with Gasteiger partial charge in [-0.2, -0.15) is 0 Å². The van der Waals surface area contributed by atoms with Crippen LogP contribution in [-0.2, 0) is 13.2 Å². The molecule has 1 aromatic heterocycles. The van der Waals surface area contributed by atoms with Gasteiger partial charge < -0.3 is 9.84 Å². The third-order valence-electron chi connectivity index (χ3n) is 2.61. The number of benzene rings is 1. The molecule has 100 valence electrons. The van der Waals surface area contributed by atoms with Gasteiger partial charge in [-0.05, 0) is 37.3 Å². The fourth-order valence-corrected chi connectivity index (χ4v) is 2.06. The number of ether oxygens (including phenoxy) is 1. The topological polar surface area (TPSA) is 42.4 Å². The van der Waals surface area contributed by atoms with E-state index in [2.05, 4.69) is 20.9 Å². The van der Waals surface area contributed by atoms with Crippen LogP contribution in [0.25, 0.3) is 0 Å². The summed E-state index contributed by atoms with van der Waals surface area (Å²) in [5, 5.41) is 9.21. The Morgan fingerprint density at radius 2 is 2.11 bits per heavy atom. The molecule has 0 unspecified atom stereocenters. The number of nitrogens with zero attached hydrogens (tertiary/aromatic N) is 1. The molecule has 0 atom stereocenters. The molecule has 1 aromatic carbocycles. The molecule has 5 heteroatoms. The Labute approximate surface area is 119 Å². The molecule has 1 N–H and O–H groups in total. The zero-order valence-electron chi connectivity index (χ0n) is 10.4. The number of halogens is 2. The van der Waals surface area contributed by atoms with E-state index in [4.69, 9.17) is 4.74 Å². The number of hydrogen-bond acceptors (Lipinski definition) is 3. The van der Waals surface area contributed by atoms with E-state index < -0.39 is 0 Å². The lowest BCUT2D eigenvalue weighted by atomic mass is 10.2. The van der Waals surface area contributed by atoms with Crippen molar-refractivity contribution < 1.29 is 14.2 Å². The number of aliphatic hydroxyl groups is 1. The Morgan fingerprint density at radius 3 is 2.84 bits per heavy atom. The van der Waals surface area contributed by atoms with Gasteiger partial charge in [-0.25, -0.2) is 4.39 Å². The average molecular weight is 326 g/mol. The van der Waals surface area contributed by atoms with E-state index in [1.54, 1.807) is 24.3 Å². The van der Waals surface area contributed by atoms with Gasteiger partial charge in [0.25, 0.3) is 0 Å². The van der Waals surface area contributed by atoms with E-state index in [1.807, 2.05) is 6.92 Å². The maximum absolute atomic E-state index is 13.6. The van der Waals surface area contributed by atoms with Crippen LogP contribution in [-0.4, -0.2) is 10.1 Å². The molecule has 0 saturated carbocycles. The molecular formula is C14H13BrFNO2. The lowest BCUT2D eigenvalue weighted by Gasteiger charge is -2.11. The Balaban J connectivity index is 2.16. The van der Waals surface area contributed by atoms with Crippen LogP contribution in [0.4, 0.5) is 4.39 Å². The minimum absolute atomic E-state index is 0.0863. The first kappa shape index (κ1) is 14.0. The first-order chi connectivity index (χ1) is 9.10. The minimum Gasteiger partial charge on any atom is -0.487 e. The highest BCUT2D eigenvalue weighted by atomic mass is 79.9. The summed E-state index contributed by atoms with van der Waals surface area (Å²) in [4.78, 5) is 4.17. The van der Waals surface area contributed by atoms with Crippen LogP contribution < -0.4 is 4.74 Å². The molecule has 19 heavy (non-hydrogen) atoms. The lowest BCUT2D eigenvalue weighted by Crippen LogP contribution is -2.03. The highest BCUT2D eigenvalue weighted by Crippen LogP contribution is 2.21. The molecule has 0 aliphatic rings. The van der Waals surface area contributed by atoms with Gasteiger partial charge >= 0.3 is 0 Å². The number of aromatic nitrogens is 1. The van der Waals surface area contributed by atoms with Crippen LogP contribution in [0.5, 0.6) is 5.75 Å². The Kier molecular flexibility index (Phi) is 4.50. The monoisotopic (exact) mass is 325 g/mol. The second-order valence-electron chi connectivity index (χ2n) is 4.08. The molecule has 0 amide bonds. The number of pyridine rings is 1. The van der Waals surface area contributed by atoms with Gasteiger partial charge in [0, 0.05) is 15.7 Å². The fraction of sp³-hybridized carbons (Fsp3) is 0.214. The normalized spacial score (nSPS) is 10.5. The zero-order chi connectivity index (χ0) is 13.8. The maximum atomic E-state index is 13.6. The van der Waals surface area contributed by atoms with Crippen molar-refractivity contribution in [2.24, 2.45) is 0 Å². The Bertz CT molecular complexity index is 590. The molecule has 2 rings (SSSR count). The number of hydrogen-bond donors (Lipinski definition) is 1. The molecule has 0 fully saturated rings. The molecule has 1 heterocycles. The lowest BCUT2D eigenvalue weighted by molar-refractivity contribution is 0.251. The molecule has 0 aliphatic carbocycles. The molecule has 0 radical (unpaired) electrons. The van der Waals surface area contributed by atoms with Crippen LogP contribution in [0.3, 0.4) is 0 Å². The fourth-order valence-electron chi connectivity index (χ4n) is 1.65. The number of aryl methyl sites for hydroxylation is 1. The van der Waals surface area contributed by atoms with E-state index in [-0.39, 0.29) is 19.0 Å². The molecule has 0 bridgehead atoms. The third-order valence-corrected chi connectivity index (χ3v) is 3.11. The van der Waals surface area contributed by atoms with Crippen molar-refractivity contribution >= 4 is 15.9 Å². The molecule has 2 aromatic rings. The minimum atomic E-state index is -0.325. The van der Waals surface area contributed by atoms with Gasteiger partial charge in [0.05, 0.1) is 6.61 Å². The largest absolute Gasteiger partial charge is 0.487 e. The SMILES string of the molecule is Cc1ccc(OCc2cc(Br)ccc2F)c(CO)n1. The van der Waals surface area contributed by atoms with Crippen LogP contribution >= 0.6 is 15.9 Å². The highest BCUT2D eigenvalue weighted by molar-refractivity contribution is 9.10. The Morgan fingerprint density at radius 1 is 1.32 bits per heavy atom. The van der Waals surface area contributed by atoms with Gasteiger partial charge in [-0.1, -0.05) is 15.9 Å². The zero-order valence-corrected chi connectivity index (χ0v) is 11.9. The standard InChI is InChI=1S/C14H13BrFNO2/c1-9-2-5-14(13(7-18)17-9)19-8-10-6-11(15)3-4-12(10)16/h2-6,18H,7-8H2,1H3. The van der Waals surface area contributed by atoms with Crippen molar-refractivity contribution in [1.29, 1.82) is 0 Å². The Hall–Kier alpha value is -1.46. The van der Waals surface area contributed by atoms with Gasteiger partial charge in [0.2, 0.25) is 0 Å². The summed E-state index contributed by atoms with van der Waals surface area (Å²) in [5.41, 5.74) is 1.69. The van der Waals surface area contributed by atoms with Crippen molar-refractivity contribution in [3.63, 3.8) is 0 Å². The van der Waals surface area contributed by atoms with E-state index in [9.17, 15) is 9.50 Å². The summed E-state index contributed by atoms with van der Waals surface area (Å²) < 4.78 is 19.9. The van der Waals surface area contributed by atoms with Crippen molar-refractivity contribution in [1.82, 2.24) is 4.98 Å². The van der Waals surface area contributed by atoms with E-state index >= 15 is 0 Å². The van der Waals surface area contributed by atoms with Gasteiger partial charge in [0.1, 0.15) is 23.9 Å². The predicted molar refractivity (Wildman–Crippen MR) is 73.3 cm³/mol. The van der Waals surface area contributed by atoms with Crippen LogP contribution in [0.15, 0.2) is 34.8 Å². The molecule has 3 nitrogen and oxygen atoms in total. The van der Waals surface area contributed by atoms with Gasteiger partial charge in [0.15, 0.2) is 0 Å². The molecular weight excluding hydrogens is 313 g/mol. The smallest absolute Gasteiger partial charge is 0.143 e. The quantitative estimate of drug-likeness (QED) is 0.937. The summed E-state index contributed by atoms with van der Waals surface area (Å²) >= 11 is 3.29. The molecule has 0 saturated heterocycles. The van der Waals surface area contributed by atoms with Crippen LogP contribution in [0.2, 0.25) is 0 Å². The van der Waals surface area contributed by atoms with Crippen molar-refractivity contribution in [3.8, 4) is 5.75 Å². The summed E-state index contributed by atoms with van der Waals surface area (Å²) in [6.07, 6.45) is 0. The predicted octanol–water partition coefficient (Wildman–Crippen LogP) is 3.36. The summed E-state index contributed by atoms with van der Waals surface area (Å²) in [7, 11) is 0. The number of rotatable bonds is 4. The van der Waals surface area contributed by atoms with Crippen LogP contribution in [0.1, 0.15) is 17.0 Å². The highest BCUT2D eigenvalue weighted by Gasteiger charge is 2.08. The third kappa shape index (κ3) is 3.52. The van der Waals surface area contributed by atoms with E-state index in [1.165, 1.54) is 6.07 Å². The summed E-state index contributed by atoms with van der Waals surface area (Å²) in [6.45, 7) is 1.71. The van der Waals surface area contributed by atoms with Crippen molar-refractivity contribution in [2.45, 2.75) is 20.1 Å². The van der Waals surface area contributed by atoms with E-state index in [0.29, 0.717) is 17.0 Å². The first-order valence-corrected chi connectivity index (χ1v) is 6.53. The molecule has 0 aliphatic heterocycles. The number of aliphatic hydroxyl groups excluding tert-OH is 1. The van der Waals surface area contributed by atoms with E-state index in [0.717, 1.165) is 10.2 Å². The summed E-state index contributed by atoms with van der Waals surface area (Å²) in [5.74, 6) is 0.140. The van der Waals surface area contributed by atoms with Gasteiger partial charge in [-0.3, -0.25) is 4.98 Å². The summed E-state index contributed by atoms with van der Waals surface area (Å²) in [6, 6.07) is 8.18. The van der Waals surface area contributed by atoms with Crippen LogP contribution in [0, 0.1) is 12.7 Å².